The fraction of sp³-hybridized carbons (Fsp3) is 0. The van der Waals surface area contributed by atoms with Crippen LogP contribution in [0.4, 0.5) is 16.0 Å². The summed E-state index contributed by atoms with van der Waals surface area (Å²) < 4.78 is 13.3. The van der Waals surface area contributed by atoms with E-state index < -0.39 is 0 Å². The van der Waals surface area contributed by atoms with Crippen LogP contribution in [-0.2, 0) is 0 Å². The van der Waals surface area contributed by atoms with Crippen LogP contribution < -0.4 is 11.0 Å². The molecule has 0 atom stereocenters. The van der Waals surface area contributed by atoms with Gasteiger partial charge >= 0.3 is 5.69 Å². The van der Waals surface area contributed by atoms with E-state index in [0.29, 0.717) is 22.8 Å². The first-order chi connectivity index (χ1) is 11.7. The number of aromatic amines is 2. The molecule has 0 amide bonds. The second kappa shape index (κ2) is 5.62. The van der Waals surface area contributed by atoms with Gasteiger partial charge in [0.2, 0.25) is 5.95 Å². The van der Waals surface area contributed by atoms with Crippen molar-refractivity contribution in [2.45, 2.75) is 0 Å². The number of aromatic nitrogens is 4. The van der Waals surface area contributed by atoms with Crippen LogP contribution in [0.2, 0.25) is 0 Å². The third-order valence-electron chi connectivity index (χ3n) is 3.55. The lowest BCUT2D eigenvalue weighted by molar-refractivity contribution is 0.628. The molecule has 118 valence electrons. The van der Waals surface area contributed by atoms with Gasteiger partial charge in [0.1, 0.15) is 5.82 Å². The van der Waals surface area contributed by atoms with Gasteiger partial charge in [0.15, 0.2) is 0 Å². The molecule has 0 bridgehead atoms. The van der Waals surface area contributed by atoms with E-state index in [2.05, 4.69) is 25.3 Å². The van der Waals surface area contributed by atoms with Crippen LogP contribution in [-0.4, -0.2) is 19.9 Å². The third-order valence-corrected chi connectivity index (χ3v) is 3.55. The summed E-state index contributed by atoms with van der Waals surface area (Å²) in [5.74, 6) is 0.0266. The van der Waals surface area contributed by atoms with Crippen molar-refractivity contribution in [2.24, 2.45) is 0 Å². The van der Waals surface area contributed by atoms with Crippen molar-refractivity contribution in [3.05, 3.63) is 71.0 Å². The Labute approximate surface area is 135 Å². The second-order valence-corrected chi connectivity index (χ2v) is 5.24. The van der Waals surface area contributed by atoms with Gasteiger partial charge in [0.05, 0.1) is 16.7 Å². The lowest BCUT2D eigenvalue weighted by Crippen LogP contribution is -1.99. The van der Waals surface area contributed by atoms with Gasteiger partial charge in [0, 0.05) is 17.4 Å². The summed E-state index contributed by atoms with van der Waals surface area (Å²) in [5, 5.41) is 2.97. The number of hydrogen-bond acceptors (Lipinski definition) is 4. The van der Waals surface area contributed by atoms with Gasteiger partial charge in [-0.05, 0) is 36.4 Å². The number of anilines is 2. The van der Waals surface area contributed by atoms with Gasteiger partial charge in [-0.15, -0.1) is 0 Å². The Hall–Kier alpha value is -3.48. The molecule has 0 aliphatic carbocycles. The van der Waals surface area contributed by atoms with E-state index in [9.17, 15) is 9.18 Å². The Morgan fingerprint density at radius 3 is 2.75 bits per heavy atom. The highest BCUT2D eigenvalue weighted by atomic mass is 19.1. The number of hydrogen-bond donors (Lipinski definition) is 3. The minimum absolute atomic E-state index is 0.252. The molecule has 4 rings (SSSR count). The van der Waals surface area contributed by atoms with E-state index in [-0.39, 0.29) is 11.5 Å². The average Bonchev–Trinajstić information content (AvgIpc) is 2.94. The lowest BCUT2D eigenvalue weighted by atomic mass is 10.1. The predicted molar refractivity (Wildman–Crippen MR) is 89.6 cm³/mol. The van der Waals surface area contributed by atoms with E-state index in [1.807, 2.05) is 18.2 Å². The summed E-state index contributed by atoms with van der Waals surface area (Å²) in [6.45, 7) is 0. The number of nitrogens with one attached hydrogen (secondary N) is 3. The van der Waals surface area contributed by atoms with Crippen LogP contribution in [0.5, 0.6) is 0 Å². The quantitative estimate of drug-likeness (QED) is 0.541. The molecule has 0 aliphatic heterocycles. The molecule has 2 aromatic carbocycles. The molecule has 2 heterocycles. The molecule has 0 spiro atoms. The SMILES string of the molecule is O=c1[nH]c2ccc(-c3ccnc(Nc4cccc(F)c4)n3)cc2[nH]1. The van der Waals surface area contributed by atoms with Gasteiger partial charge in [-0.3, -0.25) is 0 Å². The fourth-order valence-electron chi connectivity index (χ4n) is 2.47. The van der Waals surface area contributed by atoms with Crippen molar-refractivity contribution < 1.29 is 4.39 Å². The monoisotopic (exact) mass is 321 g/mol. The molecular formula is C17H12FN5O. The highest BCUT2D eigenvalue weighted by molar-refractivity contribution is 5.80. The fourth-order valence-corrected chi connectivity index (χ4v) is 2.47. The minimum atomic E-state index is -0.335. The van der Waals surface area contributed by atoms with Crippen molar-refractivity contribution in [1.29, 1.82) is 0 Å². The van der Waals surface area contributed by atoms with E-state index in [1.165, 1.54) is 12.1 Å². The average molecular weight is 321 g/mol. The van der Waals surface area contributed by atoms with Crippen LogP contribution in [0, 0.1) is 5.82 Å². The van der Waals surface area contributed by atoms with E-state index in [0.717, 1.165) is 11.1 Å². The number of rotatable bonds is 3. The second-order valence-electron chi connectivity index (χ2n) is 5.24. The van der Waals surface area contributed by atoms with E-state index in [4.69, 9.17) is 0 Å². The molecular weight excluding hydrogens is 309 g/mol. The van der Waals surface area contributed by atoms with Crippen molar-refractivity contribution in [1.82, 2.24) is 19.9 Å². The smallest absolute Gasteiger partial charge is 0.323 e. The lowest BCUT2D eigenvalue weighted by Gasteiger charge is -2.07. The number of fused-ring (bicyclic) bond motifs is 1. The molecule has 0 aliphatic rings. The number of benzene rings is 2. The number of H-pyrrole nitrogens is 2. The molecule has 0 radical (unpaired) electrons. The molecule has 7 heteroatoms. The van der Waals surface area contributed by atoms with Crippen molar-refractivity contribution >= 4 is 22.7 Å². The summed E-state index contributed by atoms with van der Waals surface area (Å²) in [5.41, 5.74) is 3.28. The first kappa shape index (κ1) is 14.1. The molecule has 2 aromatic heterocycles. The zero-order valence-electron chi connectivity index (χ0n) is 12.4. The Bertz CT molecular complexity index is 1090. The Morgan fingerprint density at radius 1 is 1.00 bits per heavy atom. The molecule has 6 nitrogen and oxygen atoms in total. The summed E-state index contributed by atoms with van der Waals surface area (Å²) in [6, 6.07) is 13.4. The van der Waals surface area contributed by atoms with Crippen LogP contribution >= 0.6 is 0 Å². The van der Waals surface area contributed by atoms with Crippen LogP contribution in [0.3, 0.4) is 0 Å². The summed E-state index contributed by atoms with van der Waals surface area (Å²) in [7, 11) is 0. The zero-order valence-corrected chi connectivity index (χ0v) is 12.4. The standard InChI is InChI=1S/C17H12FN5O/c18-11-2-1-3-12(9-11)20-16-19-7-6-13(21-16)10-4-5-14-15(8-10)23-17(24)22-14/h1-9H,(H,19,20,21)(H2,22,23,24). The number of nitrogens with zero attached hydrogens (tertiary/aromatic N) is 2. The summed E-state index contributed by atoms with van der Waals surface area (Å²) in [6.07, 6.45) is 1.62. The number of imidazole rings is 1. The Balaban J connectivity index is 1.69. The first-order valence-electron chi connectivity index (χ1n) is 7.25. The maximum atomic E-state index is 13.3. The number of halogens is 1. The van der Waals surface area contributed by atoms with E-state index >= 15 is 0 Å². The first-order valence-corrected chi connectivity index (χ1v) is 7.25. The third kappa shape index (κ3) is 2.74. The highest BCUT2D eigenvalue weighted by Gasteiger charge is 2.06. The molecule has 24 heavy (non-hydrogen) atoms. The summed E-state index contributed by atoms with van der Waals surface area (Å²) >= 11 is 0. The van der Waals surface area contributed by atoms with Crippen LogP contribution in [0.1, 0.15) is 0 Å². The normalized spacial score (nSPS) is 10.9. The maximum absolute atomic E-state index is 13.3. The van der Waals surface area contributed by atoms with Gasteiger partial charge in [-0.25, -0.2) is 19.2 Å². The van der Waals surface area contributed by atoms with Crippen molar-refractivity contribution in [3.63, 3.8) is 0 Å². The Morgan fingerprint density at radius 2 is 1.88 bits per heavy atom. The topological polar surface area (TPSA) is 86.5 Å². The van der Waals surface area contributed by atoms with Gasteiger partial charge in [-0.1, -0.05) is 12.1 Å². The zero-order chi connectivity index (χ0) is 16.5. The minimum Gasteiger partial charge on any atom is -0.324 e. The van der Waals surface area contributed by atoms with Crippen LogP contribution in [0.15, 0.2) is 59.5 Å². The van der Waals surface area contributed by atoms with Gasteiger partial charge in [0.25, 0.3) is 0 Å². The molecule has 0 saturated heterocycles. The Kier molecular flexibility index (Phi) is 3.31. The van der Waals surface area contributed by atoms with Crippen LogP contribution in [0.25, 0.3) is 22.3 Å². The predicted octanol–water partition coefficient (Wildman–Crippen LogP) is 3.20. The molecule has 0 saturated carbocycles. The summed E-state index contributed by atoms with van der Waals surface area (Å²) in [4.78, 5) is 25.3. The molecule has 0 fully saturated rings. The van der Waals surface area contributed by atoms with Crippen molar-refractivity contribution in [3.8, 4) is 11.3 Å². The maximum Gasteiger partial charge on any atom is 0.323 e. The largest absolute Gasteiger partial charge is 0.324 e. The molecule has 4 aromatic rings. The van der Waals surface area contributed by atoms with Gasteiger partial charge < -0.3 is 15.3 Å². The highest BCUT2D eigenvalue weighted by Crippen LogP contribution is 2.22. The van der Waals surface area contributed by atoms with Gasteiger partial charge in [-0.2, -0.15) is 0 Å². The molecule has 3 N–H and O–H groups in total. The van der Waals surface area contributed by atoms with Crippen molar-refractivity contribution in [2.75, 3.05) is 5.32 Å². The molecule has 0 unspecified atom stereocenters. The van der Waals surface area contributed by atoms with E-state index in [1.54, 1.807) is 24.4 Å².